The van der Waals surface area contributed by atoms with Crippen LogP contribution in [0.5, 0.6) is 0 Å². The summed E-state index contributed by atoms with van der Waals surface area (Å²) in [7, 11) is -10.1. The zero-order valence-electron chi connectivity index (χ0n) is 9.00. The second-order valence-electron chi connectivity index (χ2n) is 1.18. The van der Waals surface area contributed by atoms with Gasteiger partial charge in [0.15, 0.2) is 0 Å². The van der Waals surface area contributed by atoms with Crippen molar-refractivity contribution < 1.29 is 140 Å². The van der Waals surface area contributed by atoms with Crippen LogP contribution in [0.1, 0.15) is 0 Å². The van der Waals surface area contributed by atoms with Gasteiger partial charge in [0.2, 0.25) is 0 Å². The smallest absolute Gasteiger partial charge is 0.822 e. The Labute approximate surface area is 162 Å². The third-order valence-corrected chi connectivity index (χ3v) is 0. The molecule has 17 heavy (non-hydrogen) atoms. The molecule has 0 amide bonds. The molecule has 0 spiro atoms. The van der Waals surface area contributed by atoms with Gasteiger partial charge in [0.25, 0.3) is 0 Å². The topological polar surface area (TPSA) is 218 Å². The maximum atomic E-state index is 8.74. The van der Waals surface area contributed by atoms with Crippen LogP contribution in [0.3, 0.4) is 0 Å². The first-order valence-electron chi connectivity index (χ1n) is 2.08. The molecule has 0 aromatic heterocycles. The van der Waals surface area contributed by atoms with Gasteiger partial charge in [-0.05, 0) is 0 Å². The van der Waals surface area contributed by atoms with E-state index in [9.17, 15) is 0 Å². The molecule has 0 heterocycles. The Morgan fingerprint density at radius 1 is 0.941 bits per heavy atom. The normalized spacial score (nSPS) is 8.29. The molecule has 0 radical (unpaired) electrons. The molecule has 0 saturated carbocycles. The third-order valence-electron chi connectivity index (χ3n) is 0. The molecule has 0 fully saturated rings. The van der Waals surface area contributed by atoms with Crippen LogP contribution in [0.2, 0.25) is 0 Å². The molecule has 88 valence electrons. The van der Waals surface area contributed by atoms with Crippen LogP contribution in [-0.2, 0) is 15.0 Å². The second kappa shape index (κ2) is 18.2. The van der Waals surface area contributed by atoms with Gasteiger partial charge in [-0.3, -0.25) is 9.11 Å². The molecular weight excluding hydrogens is 320 g/mol. The SMILES string of the molecule is O=C(O)O.O=P([O-])([O-])[O-].O=S(=O)(O)O.[Na+].[Na+].[Na+]. The molecule has 0 bridgehead atoms. The van der Waals surface area contributed by atoms with Crippen molar-refractivity contribution in [3.63, 3.8) is 0 Å². The number of carboxylic acid groups (broad SMARTS) is 2. The molecule has 0 aliphatic rings. The Bertz CT molecular complexity index is 272. The van der Waals surface area contributed by atoms with Crippen molar-refractivity contribution in [1.29, 1.82) is 0 Å². The number of hydrogen-bond donors (Lipinski definition) is 4. The summed E-state index contributed by atoms with van der Waals surface area (Å²) < 4.78 is 40.1. The monoisotopic (exact) mass is 324 g/mol. The average Bonchev–Trinajstić information content (AvgIpc) is 1.45. The van der Waals surface area contributed by atoms with Gasteiger partial charge >= 0.3 is 105 Å². The van der Waals surface area contributed by atoms with Crippen molar-refractivity contribution in [2.75, 3.05) is 0 Å². The minimum absolute atomic E-state index is 0. The van der Waals surface area contributed by atoms with E-state index in [0.29, 0.717) is 0 Å². The fourth-order valence-electron chi connectivity index (χ4n) is 0. The molecule has 0 aromatic rings. The van der Waals surface area contributed by atoms with Gasteiger partial charge in [-0.1, -0.05) is 0 Å². The molecule has 0 atom stereocenters. The number of carbonyl (C=O) groups is 1. The Morgan fingerprint density at radius 2 is 0.941 bits per heavy atom. The zero-order valence-corrected chi connectivity index (χ0v) is 16.7. The van der Waals surface area contributed by atoms with Crippen LogP contribution < -0.4 is 103 Å². The second-order valence-corrected chi connectivity index (χ2v) is 2.97. The van der Waals surface area contributed by atoms with Gasteiger partial charge in [-0.15, -0.1) is 0 Å². The van der Waals surface area contributed by atoms with Gasteiger partial charge in [0.05, 0.1) is 0 Å². The molecule has 16 heteroatoms. The van der Waals surface area contributed by atoms with Crippen molar-refractivity contribution in [2.45, 2.75) is 0 Å². The van der Waals surface area contributed by atoms with Gasteiger partial charge in [-0.25, -0.2) is 4.79 Å². The summed E-state index contributed by atoms with van der Waals surface area (Å²) in [4.78, 5) is 34.2. The van der Waals surface area contributed by atoms with Crippen LogP contribution in [0.15, 0.2) is 0 Å². The van der Waals surface area contributed by atoms with Crippen molar-refractivity contribution in [3.8, 4) is 0 Å². The van der Waals surface area contributed by atoms with Gasteiger partial charge in [-0.2, -0.15) is 16.2 Å². The minimum Gasteiger partial charge on any atom is -0.822 e. The summed E-state index contributed by atoms with van der Waals surface area (Å²) in [5, 5.41) is 13.9. The summed E-state index contributed by atoms with van der Waals surface area (Å²) in [5.41, 5.74) is 0. The van der Waals surface area contributed by atoms with Crippen molar-refractivity contribution in [3.05, 3.63) is 0 Å². The van der Waals surface area contributed by atoms with E-state index in [1.807, 2.05) is 0 Å². The Balaban J connectivity index is -0.0000000247. The standard InChI is InChI=1S/CH2O3.3Na.H3O4P.H2O4S/c2-1(3)4;;;;2*1-5(2,3)4/h(H2,2,3,4);;;;(H3,1,2,3,4);(H2,1,2,3,4)/q;3*+1;;/p-3. The van der Waals surface area contributed by atoms with E-state index < -0.39 is 24.4 Å². The first-order chi connectivity index (χ1) is 5.73. The Kier molecular flexibility index (Phi) is 39.2. The number of hydrogen-bond acceptors (Lipinski definition) is 7. The fourth-order valence-corrected chi connectivity index (χ4v) is 0. The van der Waals surface area contributed by atoms with E-state index in [2.05, 4.69) is 0 Å². The van der Waals surface area contributed by atoms with Crippen LogP contribution in [-0.4, -0.2) is 33.9 Å². The minimum atomic E-state index is -5.39. The van der Waals surface area contributed by atoms with Crippen molar-refractivity contribution in [2.24, 2.45) is 0 Å². The number of rotatable bonds is 0. The summed E-state index contributed by atoms with van der Waals surface area (Å²) in [6.07, 6.45) is -1.83. The van der Waals surface area contributed by atoms with Crippen LogP contribution in [0.25, 0.3) is 0 Å². The van der Waals surface area contributed by atoms with E-state index in [1.165, 1.54) is 0 Å². The maximum absolute atomic E-state index is 8.74. The van der Waals surface area contributed by atoms with Crippen LogP contribution in [0, 0.1) is 0 Å². The molecule has 0 saturated heterocycles. The zero-order chi connectivity index (χ0) is 12.6. The van der Waals surface area contributed by atoms with Crippen molar-refractivity contribution in [1.82, 2.24) is 0 Å². The van der Waals surface area contributed by atoms with E-state index in [4.69, 9.17) is 51.8 Å². The van der Waals surface area contributed by atoms with Crippen molar-refractivity contribution >= 4 is 24.4 Å². The van der Waals surface area contributed by atoms with E-state index in [-0.39, 0.29) is 88.7 Å². The molecule has 0 aromatic carbocycles. The van der Waals surface area contributed by atoms with Crippen LogP contribution in [0.4, 0.5) is 4.79 Å². The molecule has 11 nitrogen and oxygen atoms in total. The Hall–Kier alpha value is 2.25. The summed E-state index contributed by atoms with van der Waals surface area (Å²) in [5.74, 6) is 0. The first kappa shape index (κ1) is 36.5. The molecule has 0 unspecified atom stereocenters. The maximum Gasteiger partial charge on any atom is 1.00 e. The Morgan fingerprint density at radius 3 is 0.941 bits per heavy atom. The number of phosphoric acid groups is 1. The van der Waals surface area contributed by atoms with E-state index >= 15 is 0 Å². The third kappa shape index (κ3) is 952. The molecular formula is CH4Na3O11PS. The van der Waals surface area contributed by atoms with E-state index in [1.54, 1.807) is 0 Å². The summed E-state index contributed by atoms with van der Waals surface area (Å²) in [6.45, 7) is 0. The average molecular weight is 324 g/mol. The van der Waals surface area contributed by atoms with E-state index in [0.717, 1.165) is 0 Å². The summed E-state index contributed by atoms with van der Waals surface area (Å²) >= 11 is 0. The van der Waals surface area contributed by atoms with Crippen LogP contribution >= 0.6 is 7.82 Å². The van der Waals surface area contributed by atoms with Gasteiger partial charge in [0, 0.05) is 0 Å². The quantitative estimate of drug-likeness (QED) is 0.186. The molecule has 4 N–H and O–H groups in total. The summed E-state index contributed by atoms with van der Waals surface area (Å²) in [6, 6.07) is 0. The first-order valence-corrected chi connectivity index (χ1v) is 4.94. The molecule has 0 rings (SSSR count). The molecule has 0 aliphatic carbocycles. The predicted octanol–water partition coefficient (Wildman–Crippen LogP) is -12.2. The fraction of sp³-hybridized carbons (Fsp3) is 0. The van der Waals surface area contributed by atoms with Gasteiger partial charge in [0.1, 0.15) is 0 Å². The molecule has 0 aliphatic heterocycles. The predicted molar refractivity (Wildman–Crippen MR) is 32.4 cm³/mol. The van der Waals surface area contributed by atoms with Gasteiger partial charge < -0.3 is 29.5 Å². The largest absolute Gasteiger partial charge is 1.00 e.